The van der Waals surface area contributed by atoms with Crippen LogP contribution in [0.4, 0.5) is 5.69 Å². The van der Waals surface area contributed by atoms with Gasteiger partial charge in [0.1, 0.15) is 11.3 Å². The van der Waals surface area contributed by atoms with E-state index in [9.17, 15) is 4.79 Å². The second-order valence-corrected chi connectivity index (χ2v) is 10.4. The van der Waals surface area contributed by atoms with E-state index in [1.165, 1.54) is 11.1 Å². The predicted molar refractivity (Wildman–Crippen MR) is 153 cm³/mol. The lowest BCUT2D eigenvalue weighted by molar-refractivity contribution is 0.102. The molecular formula is C32H35N5O. The van der Waals surface area contributed by atoms with Crippen LogP contribution in [0.2, 0.25) is 0 Å². The van der Waals surface area contributed by atoms with Gasteiger partial charge in [0.15, 0.2) is 0 Å². The van der Waals surface area contributed by atoms with Crippen molar-refractivity contribution >= 4 is 17.2 Å². The van der Waals surface area contributed by atoms with Gasteiger partial charge < -0.3 is 5.32 Å². The topological polar surface area (TPSA) is 52.9 Å². The number of nitrogens with one attached hydrogen (secondary N) is 1. The highest BCUT2D eigenvalue weighted by molar-refractivity contribution is 6.04. The summed E-state index contributed by atoms with van der Waals surface area (Å²) in [6, 6.07) is 18.3. The number of amides is 1. The minimum Gasteiger partial charge on any atom is -0.322 e. The highest BCUT2D eigenvalue weighted by Crippen LogP contribution is 2.20. The number of aryl methyl sites for hydroxylation is 2. The maximum Gasteiger partial charge on any atom is 0.255 e. The monoisotopic (exact) mass is 505 g/mol. The van der Waals surface area contributed by atoms with Crippen LogP contribution in [0.5, 0.6) is 0 Å². The molecule has 4 aromatic rings. The average molecular weight is 506 g/mol. The summed E-state index contributed by atoms with van der Waals surface area (Å²) in [7, 11) is 0. The summed E-state index contributed by atoms with van der Waals surface area (Å²) in [5, 5.41) is 3.07. The molecule has 0 bridgehead atoms. The molecule has 6 nitrogen and oxygen atoms in total. The molecule has 1 N–H and O–H groups in total. The van der Waals surface area contributed by atoms with Gasteiger partial charge in [-0.15, -0.1) is 0 Å². The van der Waals surface area contributed by atoms with Crippen molar-refractivity contribution in [1.82, 2.24) is 19.2 Å². The number of rotatable bonds is 5. The lowest BCUT2D eigenvalue weighted by atomic mass is 10.0. The molecule has 5 rings (SSSR count). The molecule has 0 radical (unpaired) electrons. The molecule has 38 heavy (non-hydrogen) atoms. The van der Waals surface area contributed by atoms with Crippen molar-refractivity contribution in [3.8, 4) is 11.8 Å². The number of imidazole rings is 1. The zero-order valence-electron chi connectivity index (χ0n) is 22.7. The molecule has 1 amide bonds. The first-order valence-electron chi connectivity index (χ1n) is 13.3. The number of nitrogens with zero attached hydrogens (tertiary/aromatic N) is 4. The van der Waals surface area contributed by atoms with Crippen LogP contribution in [-0.2, 0) is 6.54 Å². The smallest absolute Gasteiger partial charge is 0.255 e. The van der Waals surface area contributed by atoms with E-state index in [-0.39, 0.29) is 5.91 Å². The van der Waals surface area contributed by atoms with Gasteiger partial charge in [-0.05, 0) is 86.7 Å². The van der Waals surface area contributed by atoms with E-state index in [4.69, 9.17) is 0 Å². The van der Waals surface area contributed by atoms with E-state index in [0.29, 0.717) is 11.6 Å². The largest absolute Gasteiger partial charge is 0.322 e. The predicted octanol–water partition coefficient (Wildman–Crippen LogP) is 5.13. The quantitative estimate of drug-likeness (QED) is 0.382. The summed E-state index contributed by atoms with van der Waals surface area (Å²) in [5.74, 6) is 6.30. The SMILES string of the molecule is Cc1ccc(C(=O)Nc2ccc(CN3CCN(C(C)C)CC3)c(C)c2)cc1C#Cc1cnc2ccccn12. The van der Waals surface area contributed by atoms with Gasteiger partial charge in [0.05, 0.1) is 6.20 Å². The molecule has 1 aliphatic rings. The van der Waals surface area contributed by atoms with Crippen LogP contribution in [-0.4, -0.2) is 57.3 Å². The number of hydrogen-bond acceptors (Lipinski definition) is 4. The Balaban J connectivity index is 1.25. The molecule has 3 heterocycles. The van der Waals surface area contributed by atoms with Crippen molar-refractivity contribution in [3.63, 3.8) is 0 Å². The summed E-state index contributed by atoms with van der Waals surface area (Å²) >= 11 is 0. The first kappa shape index (κ1) is 25.7. The normalized spacial score (nSPS) is 14.4. The van der Waals surface area contributed by atoms with Gasteiger partial charge in [-0.2, -0.15) is 0 Å². The lowest BCUT2D eigenvalue weighted by Gasteiger charge is -2.37. The van der Waals surface area contributed by atoms with Crippen molar-refractivity contribution < 1.29 is 4.79 Å². The Labute approximate surface area is 225 Å². The Hall–Kier alpha value is -3.92. The van der Waals surface area contributed by atoms with Gasteiger partial charge in [0, 0.05) is 61.8 Å². The number of benzene rings is 2. The standard InChI is InChI=1S/C32H35N5O/c1-23(2)36-17-15-35(16-18-36)22-28-10-12-29(19-25(28)4)34-32(38)27-9-8-24(3)26(20-27)11-13-30-21-33-31-7-5-6-14-37(30)31/h5-10,12,14,19-21,23H,15-18,22H2,1-4H3,(H,34,38). The fourth-order valence-electron chi connectivity index (χ4n) is 4.89. The van der Waals surface area contributed by atoms with E-state index < -0.39 is 0 Å². The molecule has 0 spiro atoms. The van der Waals surface area contributed by atoms with E-state index >= 15 is 0 Å². The third-order valence-electron chi connectivity index (χ3n) is 7.37. The lowest BCUT2D eigenvalue weighted by Crippen LogP contribution is -2.48. The van der Waals surface area contributed by atoms with E-state index in [1.54, 1.807) is 6.20 Å². The first-order chi connectivity index (χ1) is 18.4. The van der Waals surface area contributed by atoms with Gasteiger partial charge in [-0.1, -0.05) is 24.1 Å². The molecule has 0 atom stereocenters. The van der Waals surface area contributed by atoms with Crippen LogP contribution in [0.1, 0.15) is 52.2 Å². The Morgan fingerprint density at radius 2 is 1.79 bits per heavy atom. The first-order valence-corrected chi connectivity index (χ1v) is 13.3. The number of aromatic nitrogens is 2. The van der Waals surface area contributed by atoms with Crippen molar-refractivity contribution in [2.45, 2.75) is 40.3 Å². The van der Waals surface area contributed by atoms with Crippen LogP contribution in [0.15, 0.2) is 67.0 Å². The fourth-order valence-corrected chi connectivity index (χ4v) is 4.89. The maximum atomic E-state index is 13.1. The zero-order chi connectivity index (χ0) is 26.6. The van der Waals surface area contributed by atoms with Crippen LogP contribution in [0, 0.1) is 25.7 Å². The molecule has 2 aromatic carbocycles. The molecule has 1 saturated heterocycles. The van der Waals surface area contributed by atoms with Gasteiger partial charge >= 0.3 is 0 Å². The third-order valence-corrected chi connectivity index (χ3v) is 7.37. The van der Waals surface area contributed by atoms with Crippen LogP contribution in [0.3, 0.4) is 0 Å². The van der Waals surface area contributed by atoms with Crippen molar-refractivity contribution in [1.29, 1.82) is 0 Å². The second-order valence-electron chi connectivity index (χ2n) is 10.4. The number of pyridine rings is 1. The Morgan fingerprint density at radius 1 is 0.974 bits per heavy atom. The summed E-state index contributed by atoms with van der Waals surface area (Å²) in [5.41, 5.74) is 7.41. The van der Waals surface area contributed by atoms with Crippen LogP contribution >= 0.6 is 0 Å². The summed E-state index contributed by atoms with van der Waals surface area (Å²) in [6.07, 6.45) is 3.72. The molecular weight excluding hydrogens is 470 g/mol. The molecule has 1 aliphatic heterocycles. The van der Waals surface area contributed by atoms with Crippen molar-refractivity contribution in [3.05, 3.63) is 101 Å². The molecule has 1 fully saturated rings. The Kier molecular flexibility index (Phi) is 7.59. The maximum absolute atomic E-state index is 13.1. The summed E-state index contributed by atoms with van der Waals surface area (Å²) < 4.78 is 1.95. The summed E-state index contributed by atoms with van der Waals surface area (Å²) in [4.78, 5) is 22.5. The number of piperazine rings is 1. The number of hydrogen-bond donors (Lipinski definition) is 1. The zero-order valence-corrected chi connectivity index (χ0v) is 22.7. The molecule has 0 saturated carbocycles. The minimum atomic E-state index is -0.139. The van der Waals surface area contributed by atoms with E-state index in [0.717, 1.165) is 60.9 Å². The highest BCUT2D eigenvalue weighted by atomic mass is 16.1. The second kappa shape index (κ2) is 11.2. The van der Waals surface area contributed by atoms with E-state index in [1.807, 2.05) is 60.0 Å². The van der Waals surface area contributed by atoms with Crippen molar-refractivity contribution in [2.24, 2.45) is 0 Å². The number of fused-ring (bicyclic) bond motifs is 1. The van der Waals surface area contributed by atoms with Gasteiger partial charge in [-0.25, -0.2) is 4.98 Å². The third kappa shape index (κ3) is 5.80. The Bertz CT molecular complexity index is 1520. The van der Waals surface area contributed by atoms with Gasteiger partial charge in [-0.3, -0.25) is 19.0 Å². The molecule has 2 aromatic heterocycles. The molecule has 6 heteroatoms. The fraction of sp³-hybridized carbons (Fsp3) is 0.312. The van der Waals surface area contributed by atoms with Gasteiger partial charge in [0.2, 0.25) is 0 Å². The molecule has 0 unspecified atom stereocenters. The summed E-state index contributed by atoms with van der Waals surface area (Å²) in [6.45, 7) is 14.0. The number of carbonyl (C=O) groups excluding carboxylic acids is 1. The Morgan fingerprint density at radius 3 is 2.55 bits per heavy atom. The van der Waals surface area contributed by atoms with Crippen LogP contribution < -0.4 is 5.32 Å². The molecule has 194 valence electrons. The van der Waals surface area contributed by atoms with Crippen LogP contribution in [0.25, 0.3) is 5.65 Å². The number of anilines is 1. The highest BCUT2D eigenvalue weighted by Gasteiger charge is 2.19. The molecule has 0 aliphatic carbocycles. The number of carbonyl (C=O) groups is 1. The average Bonchev–Trinajstić information content (AvgIpc) is 3.33. The van der Waals surface area contributed by atoms with Gasteiger partial charge in [0.25, 0.3) is 5.91 Å². The van der Waals surface area contributed by atoms with E-state index in [2.05, 4.69) is 64.8 Å². The van der Waals surface area contributed by atoms with Crippen molar-refractivity contribution in [2.75, 3.05) is 31.5 Å². The minimum absolute atomic E-state index is 0.139.